The molecule has 1 fully saturated rings. The Labute approximate surface area is 120 Å². The van der Waals surface area contributed by atoms with E-state index in [1.807, 2.05) is 17.1 Å². The van der Waals surface area contributed by atoms with Crippen molar-refractivity contribution in [1.82, 2.24) is 19.4 Å². The number of aromatic nitrogens is 2. The summed E-state index contributed by atoms with van der Waals surface area (Å²) in [5.74, 6) is 0. The van der Waals surface area contributed by atoms with Crippen molar-refractivity contribution < 1.29 is 0 Å². The summed E-state index contributed by atoms with van der Waals surface area (Å²) in [7, 11) is 2.20. The smallest absolute Gasteiger partial charge is 0.0991 e. The van der Waals surface area contributed by atoms with Crippen LogP contribution in [0.3, 0.4) is 0 Å². The standard InChI is InChI=1S/C16H22N4/c1-18-10-12-19(13-11-18)8-6-15-2-4-16(5-3-15)20-9-7-17-14-20/h2-5,7,9,14H,6,8,10-13H2,1H3. The molecule has 1 aliphatic rings. The Morgan fingerprint density at radius 3 is 2.45 bits per heavy atom. The van der Waals surface area contributed by atoms with E-state index in [1.165, 1.54) is 37.4 Å². The average molecular weight is 270 g/mol. The van der Waals surface area contributed by atoms with Crippen molar-refractivity contribution in [2.45, 2.75) is 6.42 Å². The Bertz CT molecular complexity index is 510. The number of likely N-dealkylation sites (N-methyl/N-ethyl adjacent to an activating group) is 1. The Kier molecular flexibility index (Phi) is 4.14. The molecule has 1 aromatic carbocycles. The molecule has 0 unspecified atom stereocenters. The molecule has 1 aliphatic heterocycles. The molecule has 2 heterocycles. The molecule has 1 aromatic heterocycles. The molecule has 3 rings (SSSR count). The molecule has 20 heavy (non-hydrogen) atoms. The van der Waals surface area contributed by atoms with Gasteiger partial charge >= 0.3 is 0 Å². The summed E-state index contributed by atoms with van der Waals surface area (Å²) in [5, 5.41) is 0. The Morgan fingerprint density at radius 2 is 1.80 bits per heavy atom. The fourth-order valence-corrected chi connectivity index (χ4v) is 2.61. The van der Waals surface area contributed by atoms with Crippen LogP contribution >= 0.6 is 0 Å². The third kappa shape index (κ3) is 3.26. The lowest BCUT2D eigenvalue weighted by atomic mass is 10.1. The molecule has 0 spiro atoms. The van der Waals surface area contributed by atoms with Gasteiger partial charge in [0.05, 0.1) is 6.33 Å². The molecule has 0 aliphatic carbocycles. The van der Waals surface area contributed by atoms with Gasteiger partial charge < -0.3 is 14.4 Å². The first-order valence-corrected chi connectivity index (χ1v) is 7.29. The number of piperazine rings is 1. The van der Waals surface area contributed by atoms with E-state index in [2.05, 4.69) is 46.1 Å². The summed E-state index contributed by atoms with van der Waals surface area (Å²) in [6.45, 7) is 5.95. The molecular formula is C16H22N4. The summed E-state index contributed by atoms with van der Waals surface area (Å²) in [4.78, 5) is 9.04. The number of hydrogen-bond donors (Lipinski definition) is 0. The highest BCUT2D eigenvalue weighted by molar-refractivity contribution is 5.34. The maximum absolute atomic E-state index is 4.08. The van der Waals surface area contributed by atoms with E-state index < -0.39 is 0 Å². The minimum absolute atomic E-state index is 1.13. The van der Waals surface area contributed by atoms with Crippen molar-refractivity contribution in [2.75, 3.05) is 39.8 Å². The number of nitrogens with zero attached hydrogens (tertiary/aromatic N) is 4. The summed E-state index contributed by atoms with van der Waals surface area (Å²) >= 11 is 0. The molecule has 1 saturated heterocycles. The first-order valence-electron chi connectivity index (χ1n) is 7.29. The van der Waals surface area contributed by atoms with Crippen molar-refractivity contribution >= 4 is 0 Å². The second-order valence-corrected chi connectivity index (χ2v) is 5.53. The largest absolute Gasteiger partial charge is 0.306 e. The second kappa shape index (κ2) is 6.20. The summed E-state index contributed by atoms with van der Waals surface area (Å²) in [6, 6.07) is 8.79. The van der Waals surface area contributed by atoms with Gasteiger partial charge in [-0.25, -0.2) is 4.98 Å². The van der Waals surface area contributed by atoms with E-state index in [4.69, 9.17) is 0 Å². The molecule has 0 radical (unpaired) electrons. The zero-order chi connectivity index (χ0) is 13.8. The van der Waals surface area contributed by atoms with Crippen LogP contribution in [0.25, 0.3) is 5.69 Å². The SMILES string of the molecule is CN1CCN(CCc2ccc(-n3ccnc3)cc2)CC1. The third-order valence-corrected chi connectivity index (χ3v) is 4.05. The lowest BCUT2D eigenvalue weighted by Crippen LogP contribution is -2.45. The van der Waals surface area contributed by atoms with E-state index in [9.17, 15) is 0 Å². The fourth-order valence-electron chi connectivity index (χ4n) is 2.61. The van der Waals surface area contributed by atoms with Crippen molar-refractivity contribution in [1.29, 1.82) is 0 Å². The van der Waals surface area contributed by atoms with Crippen LogP contribution in [0.2, 0.25) is 0 Å². The van der Waals surface area contributed by atoms with Gasteiger partial charge in [-0.15, -0.1) is 0 Å². The van der Waals surface area contributed by atoms with E-state index in [-0.39, 0.29) is 0 Å². The van der Waals surface area contributed by atoms with Gasteiger partial charge in [0.15, 0.2) is 0 Å². The maximum atomic E-state index is 4.08. The second-order valence-electron chi connectivity index (χ2n) is 5.53. The van der Waals surface area contributed by atoms with E-state index in [1.54, 1.807) is 6.20 Å². The maximum Gasteiger partial charge on any atom is 0.0991 e. The molecule has 0 N–H and O–H groups in total. The topological polar surface area (TPSA) is 24.3 Å². The van der Waals surface area contributed by atoms with Crippen LogP contribution < -0.4 is 0 Å². The van der Waals surface area contributed by atoms with Crippen molar-refractivity contribution in [3.05, 3.63) is 48.5 Å². The van der Waals surface area contributed by atoms with Crippen molar-refractivity contribution in [3.63, 3.8) is 0 Å². The Balaban J connectivity index is 1.53. The molecule has 106 valence electrons. The van der Waals surface area contributed by atoms with Crippen LogP contribution in [0, 0.1) is 0 Å². The highest BCUT2D eigenvalue weighted by Gasteiger charge is 2.12. The normalized spacial score (nSPS) is 17.4. The van der Waals surface area contributed by atoms with E-state index in [0.29, 0.717) is 0 Å². The monoisotopic (exact) mass is 270 g/mol. The number of imidazole rings is 1. The van der Waals surface area contributed by atoms with Gasteiger partial charge in [0.1, 0.15) is 0 Å². The number of hydrogen-bond acceptors (Lipinski definition) is 3. The van der Waals surface area contributed by atoms with E-state index in [0.717, 1.165) is 13.0 Å². The number of rotatable bonds is 4. The summed E-state index contributed by atoms with van der Waals surface area (Å²) in [5.41, 5.74) is 2.58. The molecule has 0 atom stereocenters. The molecular weight excluding hydrogens is 248 g/mol. The van der Waals surface area contributed by atoms with Crippen LogP contribution in [-0.4, -0.2) is 59.1 Å². The minimum atomic E-state index is 1.13. The van der Waals surface area contributed by atoms with Crippen molar-refractivity contribution in [2.24, 2.45) is 0 Å². The van der Waals surface area contributed by atoms with Gasteiger partial charge in [-0.05, 0) is 31.2 Å². The quantitative estimate of drug-likeness (QED) is 0.844. The summed E-state index contributed by atoms with van der Waals surface area (Å²) in [6.07, 6.45) is 6.74. The molecule has 4 heteroatoms. The van der Waals surface area contributed by atoms with Gasteiger partial charge in [-0.3, -0.25) is 0 Å². The third-order valence-electron chi connectivity index (χ3n) is 4.05. The predicted octanol–water partition coefficient (Wildman–Crippen LogP) is 1.66. The fraction of sp³-hybridized carbons (Fsp3) is 0.438. The van der Waals surface area contributed by atoms with Gasteiger partial charge in [-0.2, -0.15) is 0 Å². The molecule has 0 saturated carbocycles. The Hall–Kier alpha value is -1.65. The highest BCUT2D eigenvalue weighted by Crippen LogP contribution is 2.10. The minimum Gasteiger partial charge on any atom is -0.306 e. The molecule has 2 aromatic rings. The number of benzene rings is 1. The average Bonchev–Trinajstić information content (AvgIpc) is 3.01. The van der Waals surface area contributed by atoms with Crippen LogP contribution in [0.1, 0.15) is 5.56 Å². The predicted molar refractivity (Wildman–Crippen MR) is 81.2 cm³/mol. The van der Waals surface area contributed by atoms with Crippen LogP contribution in [0.15, 0.2) is 43.0 Å². The van der Waals surface area contributed by atoms with Crippen LogP contribution in [0.5, 0.6) is 0 Å². The zero-order valence-electron chi connectivity index (χ0n) is 12.1. The van der Waals surface area contributed by atoms with Gasteiger partial charge in [-0.1, -0.05) is 12.1 Å². The zero-order valence-corrected chi connectivity index (χ0v) is 12.1. The highest BCUT2D eigenvalue weighted by atomic mass is 15.2. The van der Waals surface area contributed by atoms with Crippen molar-refractivity contribution in [3.8, 4) is 5.69 Å². The Morgan fingerprint density at radius 1 is 1.05 bits per heavy atom. The van der Waals surface area contributed by atoms with Gasteiger partial charge in [0, 0.05) is 50.8 Å². The van der Waals surface area contributed by atoms with Crippen LogP contribution in [0.4, 0.5) is 0 Å². The lowest BCUT2D eigenvalue weighted by Gasteiger charge is -2.32. The van der Waals surface area contributed by atoms with E-state index >= 15 is 0 Å². The molecule has 0 bridgehead atoms. The summed E-state index contributed by atoms with van der Waals surface area (Å²) < 4.78 is 2.03. The van der Waals surface area contributed by atoms with Crippen LogP contribution in [-0.2, 0) is 6.42 Å². The first kappa shape index (κ1) is 13.3. The van der Waals surface area contributed by atoms with Gasteiger partial charge in [0.2, 0.25) is 0 Å². The first-order chi connectivity index (χ1) is 9.81. The molecule has 4 nitrogen and oxygen atoms in total. The lowest BCUT2D eigenvalue weighted by molar-refractivity contribution is 0.155. The van der Waals surface area contributed by atoms with Gasteiger partial charge in [0.25, 0.3) is 0 Å². The molecule has 0 amide bonds.